The topological polar surface area (TPSA) is 98.4 Å². The zero-order chi connectivity index (χ0) is 22.1. The van der Waals surface area contributed by atoms with E-state index in [0.717, 1.165) is 41.8 Å². The van der Waals surface area contributed by atoms with Crippen LogP contribution in [-0.2, 0) is 9.59 Å². The summed E-state index contributed by atoms with van der Waals surface area (Å²) in [4.78, 5) is 48.8. The van der Waals surface area contributed by atoms with Gasteiger partial charge in [0.2, 0.25) is 11.8 Å². The van der Waals surface area contributed by atoms with Gasteiger partial charge in [0, 0.05) is 30.8 Å². The number of aromatic amines is 1. The molecule has 8 heteroatoms. The van der Waals surface area contributed by atoms with Gasteiger partial charge in [-0.15, -0.1) is 0 Å². The fourth-order valence-corrected chi connectivity index (χ4v) is 4.55. The van der Waals surface area contributed by atoms with Gasteiger partial charge in [0.25, 0.3) is 5.91 Å². The van der Waals surface area contributed by atoms with Gasteiger partial charge in [-0.2, -0.15) is 0 Å². The van der Waals surface area contributed by atoms with Crippen LogP contribution in [0, 0.1) is 0 Å². The van der Waals surface area contributed by atoms with Gasteiger partial charge in [-0.1, -0.05) is 12.1 Å². The molecule has 2 aliphatic heterocycles. The Bertz CT molecular complexity index is 1140. The molecule has 32 heavy (non-hydrogen) atoms. The zero-order valence-corrected chi connectivity index (χ0v) is 17.7. The number of aromatic nitrogens is 2. The molecule has 0 spiro atoms. The molecule has 0 bridgehead atoms. The number of amides is 3. The second-order valence-electron chi connectivity index (χ2n) is 8.26. The van der Waals surface area contributed by atoms with Gasteiger partial charge in [0.05, 0.1) is 23.6 Å². The molecule has 0 radical (unpaired) electrons. The Balaban J connectivity index is 1.21. The Morgan fingerprint density at radius 3 is 2.62 bits per heavy atom. The standard InChI is InChI=1S/C24H25N5O3/c30-21-8-4-13-28(21)17-11-9-16(10-12-17)24(32)25-15-22(31)29-14-3-7-20(29)23-26-18-5-1-2-6-19(18)27-23/h1-2,5-6,9-12,20H,3-4,7-8,13-15H2,(H,25,32)(H,26,27). The Labute approximate surface area is 185 Å². The summed E-state index contributed by atoms with van der Waals surface area (Å²) in [5.74, 6) is 0.463. The van der Waals surface area contributed by atoms with Gasteiger partial charge in [-0.05, 0) is 55.7 Å². The number of hydrogen-bond donors (Lipinski definition) is 2. The lowest BCUT2D eigenvalue weighted by molar-refractivity contribution is -0.131. The molecule has 0 saturated carbocycles. The number of carbonyl (C=O) groups is 3. The monoisotopic (exact) mass is 431 g/mol. The Morgan fingerprint density at radius 2 is 1.88 bits per heavy atom. The summed E-state index contributed by atoms with van der Waals surface area (Å²) < 4.78 is 0. The number of carbonyl (C=O) groups excluding carboxylic acids is 3. The van der Waals surface area contributed by atoms with E-state index in [2.05, 4.69) is 15.3 Å². The van der Waals surface area contributed by atoms with E-state index >= 15 is 0 Å². The highest BCUT2D eigenvalue weighted by Gasteiger charge is 2.32. The quantitative estimate of drug-likeness (QED) is 0.649. The number of rotatable bonds is 5. The third kappa shape index (κ3) is 3.84. The van der Waals surface area contributed by atoms with Crippen molar-refractivity contribution >= 4 is 34.4 Å². The van der Waals surface area contributed by atoms with Crippen LogP contribution in [0.4, 0.5) is 5.69 Å². The molecule has 0 aliphatic carbocycles. The van der Waals surface area contributed by atoms with Crippen LogP contribution in [0.5, 0.6) is 0 Å². The van der Waals surface area contributed by atoms with Gasteiger partial charge < -0.3 is 20.1 Å². The molecule has 1 atom stereocenters. The third-order valence-electron chi connectivity index (χ3n) is 6.21. The summed E-state index contributed by atoms with van der Waals surface area (Å²) in [6, 6.07) is 14.6. The lowest BCUT2D eigenvalue weighted by Gasteiger charge is -2.23. The third-order valence-corrected chi connectivity index (χ3v) is 6.21. The summed E-state index contributed by atoms with van der Waals surface area (Å²) in [6.07, 6.45) is 3.17. The van der Waals surface area contributed by atoms with Crippen LogP contribution in [0.25, 0.3) is 11.0 Å². The van der Waals surface area contributed by atoms with Gasteiger partial charge in [-0.3, -0.25) is 14.4 Å². The molecular formula is C24H25N5O3. The highest BCUT2D eigenvalue weighted by atomic mass is 16.2. The number of nitrogens with one attached hydrogen (secondary N) is 2. The van der Waals surface area contributed by atoms with Crippen molar-refractivity contribution in [3.63, 3.8) is 0 Å². The van der Waals surface area contributed by atoms with Crippen molar-refractivity contribution in [3.05, 3.63) is 59.9 Å². The summed E-state index contributed by atoms with van der Waals surface area (Å²) >= 11 is 0. The maximum atomic E-state index is 12.9. The van der Waals surface area contributed by atoms with Gasteiger partial charge in [-0.25, -0.2) is 4.98 Å². The number of benzene rings is 2. The van der Waals surface area contributed by atoms with Crippen molar-refractivity contribution in [3.8, 4) is 0 Å². The molecule has 3 aromatic rings. The summed E-state index contributed by atoms with van der Waals surface area (Å²) in [5.41, 5.74) is 3.10. The lowest BCUT2D eigenvalue weighted by Crippen LogP contribution is -2.40. The Morgan fingerprint density at radius 1 is 1.06 bits per heavy atom. The SMILES string of the molecule is O=C(NCC(=O)N1CCCC1c1nc2ccccc2[nH]1)c1ccc(N2CCCC2=O)cc1. The maximum absolute atomic E-state index is 12.9. The number of para-hydroxylation sites is 2. The highest BCUT2D eigenvalue weighted by molar-refractivity contribution is 5.98. The minimum Gasteiger partial charge on any atom is -0.343 e. The van der Waals surface area contributed by atoms with Crippen molar-refractivity contribution < 1.29 is 14.4 Å². The van der Waals surface area contributed by atoms with E-state index in [0.29, 0.717) is 25.1 Å². The molecule has 1 aromatic heterocycles. The minimum atomic E-state index is -0.308. The number of H-pyrrole nitrogens is 1. The highest BCUT2D eigenvalue weighted by Crippen LogP contribution is 2.31. The Kier molecular flexibility index (Phi) is 5.34. The number of likely N-dealkylation sites (tertiary alicyclic amines) is 1. The average Bonchev–Trinajstić information content (AvgIpc) is 3.56. The largest absolute Gasteiger partial charge is 0.343 e. The molecule has 2 aliphatic rings. The van der Waals surface area contributed by atoms with E-state index in [4.69, 9.17) is 0 Å². The van der Waals surface area contributed by atoms with Crippen LogP contribution in [0.15, 0.2) is 48.5 Å². The van der Waals surface area contributed by atoms with Crippen LogP contribution in [-0.4, -0.2) is 52.2 Å². The molecule has 1 unspecified atom stereocenters. The smallest absolute Gasteiger partial charge is 0.251 e. The van der Waals surface area contributed by atoms with E-state index in [1.807, 2.05) is 24.3 Å². The second kappa shape index (κ2) is 8.45. The predicted octanol–water partition coefficient (Wildman–Crippen LogP) is 2.78. The first kappa shape index (κ1) is 20.2. The van der Waals surface area contributed by atoms with Crippen molar-refractivity contribution in [2.75, 3.05) is 24.5 Å². The number of anilines is 1. The average molecular weight is 431 g/mol. The number of fused-ring (bicyclic) bond motifs is 1. The summed E-state index contributed by atoms with van der Waals surface area (Å²) in [5, 5.41) is 2.73. The molecule has 3 heterocycles. The van der Waals surface area contributed by atoms with E-state index < -0.39 is 0 Å². The van der Waals surface area contributed by atoms with Crippen LogP contribution in [0.2, 0.25) is 0 Å². The van der Waals surface area contributed by atoms with Crippen LogP contribution < -0.4 is 10.2 Å². The van der Waals surface area contributed by atoms with Gasteiger partial charge in [0.15, 0.2) is 0 Å². The fraction of sp³-hybridized carbons (Fsp3) is 0.333. The summed E-state index contributed by atoms with van der Waals surface area (Å²) in [7, 11) is 0. The van der Waals surface area contributed by atoms with E-state index in [1.54, 1.807) is 34.1 Å². The van der Waals surface area contributed by atoms with Crippen molar-refractivity contribution in [1.82, 2.24) is 20.2 Å². The minimum absolute atomic E-state index is 0.0675. The van der Waals surface area contributed by atoms with Crippen molar-refractivity contribution in [1.29, 1.82) is 0 Å². The molecule has 2 aromatic carbocycles. The second-order valence-corrected chi connectivity index (χ2v) is 8.26. The van der Waals surface area contributed by atoms with Crippen molar-refractivity contribution in [2.45, 2.75) is 31.7 Å². The summed E-state index contributed by atoms with van der Waals surface area (Å²) in [6.45, 7) is 1.29. The molecule has 2 saturated heterocycles. The first-order valence-corrected chi connectivity index (χ1v) is 11.0. The number of hydrogen-bond acceptors (Lipinski definition) is 4. The predicted molar refractivity (Wildman–Crippen MR) is 120 cm³/mol. The van der Waals surface area contributed by atoms with E-state index in [1.165, 1.54) is 0 Å². The molecule has 2 fully saturated rings. The maximum Gasteiger partial charge on any atom is 0.251 e. The lowest BCUT2D eigenvalue weighted by atomic mass is 10.2. The molecule has 8 nitrogen and oxygen atoms in total. The van der Waals surface area contributed by atoms with Gasteiger partial charge >= 0.3 is 0 Å². The molecular weight excluding hydrogens is 406 g/mol. The van der Waals surface area contributed by atoms with Crippen LogP contribution in [0.1, 0.15) is 47.9 Å². The molecule has 3 amide bonds. The number of imidazole rings is 1. The van der Waals surface area contributed by atoms with E-state index in [9.17, 15) is 14.4 Å². The van der Waals surface area contributed by atoms with E-state index in [-0.39, 0.29) is 30.3 Å². The van der Waals surface area contributed by atoms with Crippen LogP contribution >= 0.6 is 0 Å². The Hall–Kier alpha value is -3.68. The van der Waals surface area contributed by atoms with Gasteiger partial charge in [0.1, 0.15) is 5.82 Å². The first-order chi connectivity index (χ1) is 15.6. The molecule has 164 valence electrons. The first-order valence-electron chi connectivity index (χ1n) is 11.0. The fourth-order valence-electron chi connectivity index (χ4n) is 4.55. The molecule has 5 rings (SSSR count). The number of nitrogens with zero attached hydrogens (tertiary/aromatic N) is 3. The normalized spacial score (nSPS) is 18.5. The van der Waals surface area contributed by atoms with Crippen molar-refractivity contribution in [2.24, 2.45) is 0 Å². The molecule has 2 N–H and O–H groups in total. The van der Waals surface area contributed by atoms with Crippen LogP contribution in [0.3, 0.4) is 0 Å². The zero-order valence-electron chi connectivity index (χ0n) is 17.7.